The lowest BCUT2D eigenvalue weighted by molar-refractivity contribution is 0.174. The van der Waals surface area contributed by atoms with Crippen LogP contribution in [-0.2, 0) is 0 Å². The summed E-state index contributed by atoms with van der Waals surface area (Å²) in [6.07, 6.45) is 9.79. The van der Waals surface area contributed by atoms with Crippen LogP contribution in [0.2, 0.25) is 0 Å². The Bertz CT molecular complexity index is 267. The number of carbonyl (C=O) groups is 1. The van der Waals surface area contributed by atoms with E-state index in [9.17, 15) is 4.79 Å². The Hall–Kier alpha value is -1.03. The highest BCUT2D eigenvalue weighted by Gasteiger charge is 2.15. The number of nitrogens with one attached hydrogen (secondary N) is 1. The minimum absolute atomic E-state index is 0.0311. The van der Waals surface area contributed by atoms with E-state index >= 15 is 0 Å². The van der Waals surface area contributed by atoms with Gasteiger partial charge in [0.1, 0.15) is 0 Å². The van der Waals surface area contributed by atoms with Gasteiger partial charge in [0.25, 0.3) is 0 Å². The summed E-state index contributed by atoms with van der Waals surface area (Å²) in [4.78, 5) is 13.7. The van der Waals surface area contributed by atoms with Crippen LogP contribution in [0.25, 0.3) is 0 Å². The zero-order chi connectivity index (χ0) is 13.2. The lowest BCUT2D eigenvalue weighted by atomic mass is 9.94. The molecule has 104 valence electrons. The zero-order valence-corrected chi connectivity index (χ0v) is 11.4. The minimum atomic E-state index is -0.0351. The van der Waals surface area contributed by atoms with Gasteiger partial charge in [-0.3, -0.25) is 0 Å². The zero-order valence-electron chi connectivity index (χ0n) is 11.4. The molecule has 0 saturated heterocycles. The molecule has 2 amide bonds. The summed E-state index contributed by atoms with van der Waals surface area (Å²) in [7, 11) is 0. The molecule has 4 nitrogen and oxygen atoms in total. The standard InChI is InChI=1S/C14H26N2O2/c1-2-3-9-16(10-11-17)14(18)15-12-13-7-5-4-6-8-13/h4-5,13,17H,2-3,6-12H2,1H3,(H,15,18). The highest BCUT2D eigenvalue weighted by Crippen LogP contribution is 2.16. The van der Waals surface area contributed by atoms with E-state index < -0.39 is 0 Å². The summed E-state index contributed by atoms with van der Waals surface area (Å²) in [6, 6.07) is -0.0351. The van der Waals surface area contributed by atoms with Gasteiger partial charge < -0.3 is 15.3 Å². The quantitative estimate of drug-likeness (QED) is 0.684. The van der Waals surface area contributed by atoms with Gasteiger partial charge in [0.05, 0.1) is 6.61 Å². The summed E-state index contributed by atoms with van der Waals surface area (Å²) < 4.78 is 0. The number of aliphatic hydroxyl groups is 1. The number of hydrogen-bond acceptors (Lipinski definition) is 2. The lowest BCUT2D eigenvalue weighted by Gasteiger charge is -2.24. The molecule has 0 aromatic heterocycles. The molecule has 0 aromatic carbocycles. The van der Waals surface area contributed by atoms with Crippen LogP contribution in [0, 0.1) is 5.92 Å². The fourth-order valence-electron chi connectivity index (χ4n) is 2.17. The highest BCUT2D eigenvalue weighted by molar-refractivity contribution is 5.74. The van der Waals surface area contributed by atoms with Crippen molar-refractivity contribution in [2.75, 3.05) is 26.2 Å². The topological polar surface area (TPSA) is 52.6 Å². The fraction of sp³-hybridized carbons (Fsp3) is 0.786. The van der Waals surface area contributed by atoms with Gasteiger partial charge in [-0.1, -0.05) is 25.5 Å². The normalized spacial score (nSPS) is 18.7. The molecule has 1 aliphatic carbocycles. The van der Waals surface area contributed by atoms with Crippen LogP contribution in [0.3, 0.4) is 0 Å². The lowest BCUT2D eigenvalue weighted by Crippen LogP contribution is -2.43. The van der Waals surface area contributed by atoms with E-state index in [1.165, 1.54) is 0 Å². The maximum atomic E-state index is 12.0. The van der Waals surface area contributed by atoms with Crippen LogP contribution in [0.5, 0.6) is 0 Å². The van der Waals surface area contributed by atoms with Crippen molar-refractivity contribution < 1.29 is 9.90 Å². The van der Waals surface area contributed by atoms with Crippen molar-refractivity contribution in [3.8, 4) is 0 Å². The molecule has 1 unspecified atom stereocenters. The summed E-state index contributed by atoms with van der Waals surface area (Å²) in [5.74, 6) is 0.570. The molecule has 1 rings (SSSR count). The molecule has 0 spiro atoms. The van der Waals surface area contributed by atoms with Gasteiger partial charge in [0.2, 0.25) is 0 Å². The Morgan fingerprint density at radius 2 is 2.28 bits per heavy atom. The van der Waals surface area contributed by atoms with E-state index in [1.807, 2.05) is 0 Å². The minimum Gasteiger partial charge on any atom is -0.395 e. The summed E-state index contributed by atoms with van der Waals surface area (Å²) in [5, 5.41) is 12.0. The Kier molecular flexibility index (Phi) is 7.49. The van der Waals surface area contributed by atoms with Crippen molar-refractivity contribution in [2.45, 2.75) is 39.0 Å². The van der Waals surface area contributed by atoms with Crippen molar-refractivity contribution >= 4 is 6.03 Å². The van der Waals surface area contributed by atoms with Gasteiger partial charge in [-0.2, -0.15) is 0 Å². The molecule has 18 heavy (non-hydrogen) atoms. The third-order valence-electron chi connectivity index (χ3n) is 3.36. The Balaban J connectivity index is 2.28. The number of unbranched alkanes of at least 4 members (excludes halogenated alkanes) is 1. The second-order valence-corrected chi connectivity index (χ2v) is 4.90. The van der Waals surface area contributed by atoms with E-state index in [1.54, 1.807) is 4.90 Å². The highest BCUT2D eigenvalue weighted by atomic mass is 16.3. The van der Waals surface area contributed by atoms with Gasteiger partial charge >= 0.3 is 6.03 Å². The molecule has 4 heteroatoms. The molecule has 0 radical (unpaired) electrons. The first-order chi connectivity index (χ1) is 8.77. The predicted octanol–water partition coefficient (Wildman–Crippen LogP) is 2.15. The molecule has 1 atom stereocenters. The maximum Gasteiger partial charge on any atom is 0.317 e. The average Bonchev–Trinajstić information content (AvgIpc) is 2.42. The van der Waals surface area contributed by atoms with E-state index in [0.29, 0.717) is 12.5 Å². The number of allylic oxidation sites excluding steroid dienone is 2. The third kappa shape index (κ3) is 5.54. The SMILES string of the molecule is CCCCN(CCO)C(=O)NCC1CC=CCC1. The van der Waals surface area contributed by atoms with Crippen molar-refractivity contribution in [3.05, 3.63) is 12.2 Å². The first kappa shape index (κ1) is 15.0. The van der Waals surface area contributed by atoms with E-state index in [4.69, 9.17) is 5.11 Å². The molecule has 0 saturated carbocycles. The number of amides is 2. The Morgan fingerprint density at radius 3 is 2.89 bits per heavy atom. The molecule has 0 aliphatic heterocycles. The largest absolute Gasteiger partial charge is 0.395 e. The summed E-state index contributed by atoms with van der Waals surface area (Å²) in [5.41, 5.74) is 0. The molecule has 0 heterocycles. The molecule has 1 aliphatic rings. The third-order valence-corrected chi connectivity index (χ3v) is 3.36. The van der Waals surface area contributed by atoms with Gasteiger partial charge in [0.15, 0.2) is 0 Å². The summed E-state index contributed by atoms with van der Waals surface area (Å²) >= 11 is 0. The van der Waals surface area contributed by atoms with E-state index in [0.717, 1.165) is 45.2 Å². The second-order valence-electron chi connectivity index (χ2n) is 4.90. The van der Waals surface area contributed by atoms with Gasteiger partial charge in [0, 0.05) is 19.6 Å². The average molecular weight is 254 g/mol. The Labute approximate surface area is 110 Å². The number of carbonyl (C=O) groups excluding carboxylic acids is 1. The number of urea groups is 1. The Morgan fingerprint density at radius 1 is 1.44 bits per heavy atom. The molecule has 0 fully saturated rings. The number of hydrogen-bond donors (Lipinski definition) is 2. The van der Waals surface area contributed by atoms with Gasteiger partial charge in [-0.05, 0) is 31.6 Å². The van der Waals surface area contributed by atoms with Crippen LogP contribution < -0.4 is 5.32 Å². The van der Waals surface area contributed by atoms with Crippen LogP contribution in [0.4, 0.5) is 4.79 Å². The van der Waals surface area contributed by atoms with Crippen LogP contribution in [0.1, 0.15) is 39.0 Å². The number of aliphatic hydroxyl groups excluding tert-OH is 1. The van der Waals surface area contributed by atoms with Crippen molar-refractivity contribution in [2.24, 2.45) is 5.92 Å². The van der Waals surface area contributed by atoms with Gasteiger partial charge in [-0.15, -0.1) is 0 Å². The molecular formula is C14H26N2O2. The van der Waals surface area contributed by atoms with Crippen LogP contribution in [0.15, 0.2) is 12.2 Å². The predicted molar refractivity (Wildman–Crippen MR) is 73.4 cm³/mol. The van der Waals surface area contributed by atoms with E-state index in [-0.39, 0.29) is 12.6 Å². The summed E-state index contributed by atoms with van der Waals surface area (Å²) in [6.45, 7) is 4.04. The first-order valence-corrected chi connectivity index (χ1v) is 7.06. The van der Waals surface area contributed by atoms with Crippen molar-refractivity contribution in [1.29, 1.82) is 0 Å². The van der Waals surface area contributed by atoms with Gasteiger partial charge in [-0.25, -0.2) is 4.79 Å². The van der Waals surface area contributed by atoms with Crippen molar-refractivity contribution in [1.82, 2.24) is 10.2 Å². The molecular weight excluding hydrogens is 228 g/mol. The van der Waals surface area contributed by atoms with Crippen LogP contribution >= 0.6 is 0 Å². The molecule has 0 aromatic rings. The fourth-order valence-corrected chi connectivity index (χ4v) is 2.17. The monoisotopic (exact) mass is 254 g/mol. The second kappa shape index (κ2) is 8.97. The maximum absolute atomic E-state index is 12.0. The first-order valence-electron chi connectivity index (χ1n) is 7.06. The number of nitrogens with zero attached hydrogens (tertiary/aromatic N) is 1. The smallest absolute Gasteiger partial charge is 0.317 e. The van der Waals surface area contributed by atoms with E-state index in [2.05, 4.69) is 24.4 Å². The van der Waals surface area contributed by atoms with Crippen LogP contribution in [-0.4, -0.2) is 42.3 Å². The molecule has 0 bridgehead atoms. The van der Waals surface area contributed by atoms with Crippen molar-refractivity contribution in [3.63, 3.8) is 0 Å². The number of rotatable bonds is 7. The molecule has 2 N–H and O–H groups in total.